The lowest BCUT2D eigenvalue weighted by atomic mass is 9.85. The summed E-state index contributed by atoms with van der Waals surface area (Å²) in [4.78, 5) is 4.37. The lowest BCUT2D eigenvalue weighted by Crippen LogP contribution is -2.37. The fourth-order valence-corrected chi connectivity index (χ4v) is 2.15. The van der Waals surface area contributed by atoms with Gasteiger partial charge in [-0.2, -0.15) is 0 Å². The van der Waals surface area contributed by atoms with Crippen molar-refractivity contribution in [2.75, 3.05) is 13.7 Å². The molecule has 0 aromatic heterocycles. The van der Waals surface area contributed by atoms with Crippen molar-refractivity contribution in [3.05, 3.63) is 29.3 Å². The molecule has 1 fully saturated rings. The van der Waals surface area contributed by atoms with Crippen LogP contribution in [0.2, 0.25) is 0 Å². The SMILES string of the molecule is COc1cc(C)ccc1CN=C(N)NCC1CCC1. The first-order valence-corrected chi connectivity index (χ1v) is 6.86. The molecule has 1 saturated carbocycles. The first-order valence-electron chi connectivity index (χ1n) is 6.86. The molecule has 4 nitrogen and oxygen atoms in total. The predicted molar refractivity (Wildman–Crippen MR) is 78.4 cm³/mol. The molecule has 0 atom stereocenters. The number of benzene rings is 1. The Morgan fingerprint density at radius 2 is 2.26 bits per heavy atom. The van der Waals surface area contributed by atoms with E-state index in [1.165, 1.54) is 24.8 Å². The van der Waals surface area contributed by atoms with Crippen molar-refractivity contribution in [3.8, 4) is 5.75 Å². The highest BCUT2D eigenvalue weighted by atomic mass is 16.5. The molecule has 1 aromatic carbocycles. The summed E-state index contributed by atoms with van der Waals surface area (Å²) >= 11 is 0. The van der Waals surface area contributed by atoms with Crippen LogP contribution in [-0.4, -0.2) is 19.6 Å². The van der Waals surface area contributed by atoms with Gasteiger partial charge in [0, 0.05) is 12.1 Å². The van der Waals surface area contributed by atoms with Gasteiger partial charge in [0.05, 0.1) is 13.7 Å². The van der Waals surface area contributed by atoms with Crippen LogP contribution in [0, 0.1) is 12.8 Å². The second kappa shape index (κ2) is 6.45. The van der Waals surface area contributed by atoms with E-state index in [4.69, 9.17) is 10.5 Å². The minimum absolute atomic E-state index is 0.523. The number of rotatable bonds is 5. The minimum Gasteiger partial charge on any atom is -0.496 e. The van der Waals surface area contributed by atoms with Gasteiger partial charge in [-0.3, -0.25) is 0 Å². The lowest BCUT2D eigenvalue weighted by Gasteiger charge is -2.25. The highest BCUT2D eigenvalue weighted by Gasteiger charge is 2.16. The number of guanidine groups is 1. The average molecular weight is 261 g/mol. The Labute approximate surface area is 115 Å². The molecule has 4 heteroatoms. The Balaban J connectivity index is 1.88. The van der Waals surface area contributed by atoms with Crippen LogP contribution in [0.15, 0.2) is 23.2 Å². The van der Waals surface area contributed by atoms with E-state index in [9.17, 15) is 0 Å². The van der Waals surface area contributed by atoms with Crippen LogP contribution in [0.5, 0.6) is 5.75 Å². The molecule has 3 N–H and O–H groups in total. The predicted octanol–water partition coefficient (Wildman–Crippen LogP) is 2.21. The number of nitrogens with two attached hydrogens (primary N) is 1. The standard InChI is InChI=1S/C15H23N3O/c1-11-6-7-13(14(8-11)19-2)10-18-15(16)17-9-12-4-3-5-12/h6-8,12H,3-5,9-10H2,1-2H3,(H3,16,17,18). The van der Waals surface area contributed by atoms with E-state index in [1.807, 2.05) is 19.1 Å². The summed E-state index contributed by atoms with van der Waals surface area (Å²) in [5.41, 5.74) is 8.11. The fourth-order valence-electron chi connectivity index (χ4n) is 2.15. The molecule has 0 bridgehead atoms. The van der Waals surface area contributed by atoms with Crippen molar-refractivity contribution in [2.24, 2.45) is 16.6 Å². The summed E-state index contributed by atoms with van der Waals surface area (Å²) in [6.07, 6.45) is 3.97. The highest BCUT2D eigenvalue weighted by Crippen LogP contribution is 2.25. The maximum absolute atomic E-state index is 5.87. The fraction of sp³-hybridized carbons (Fsp3) is 0.533. The molecule has 0 heterocycles. The first-order chi connectivity index (χ1) is 9.19. The van der Waals surface area contributed by atoms with E-state index in [0.29, 0.717) is 12.5 Å². The summed E-state index contributed by atoms with van der Waals surface area (Å²) in [7, 11) is 1.68. The van der Waals surface area contributed by atoms with Gasteiger partial charge in [0.25, 0.3) is 0 Å². The molecular weight excluding hydrogens is 238 g/mol. The number of ether oxygens (including phenoxy) is 1. The third-order valence-electron chi connectivity index (χ3n) is 3.66. The van der Waals surface area contributed by atoms with Crippen molar-refractivity contribution in [2.45, 2.75) is 32.7 Å². The summed E-state index contributed by atoms with van der Waals surface area (Å²) in [5, 5.41) is 3.19. The van der Waals surface area contributed by atoms with Crippen molar-refractivity contribution >= 4 is 5.96 Å². The van der Waals surface area contributed by atoms with Crippen LogP contribution in [0.3, 0.4) is 0 Å². The maximum atomic E-state index is 5.87. The van der Waals surface area contributed by atoms with Gasteiger partial charge in [-0.15, -0.1) is 0 Å². The van der Waals surface area contributed by atoms with Crippen LogP contribution in [-0.2, 0) is 6.54 Å². The lowest BCUT2D eigenvalue weighted by molar-refractivity contribution is 0.315. The number of nitrogens with one attached hydrogen (secondary N) is 1. The molecule has 104 valence electrons. The van der Waals surface area contributed by atoms with E-state index >= 15 is 0 Å². The number of aryl methyl sites for hydroxylation is 1. The molecule has 0 amide bonds. The van der Waals surface area contributed by atoms with E-state index in [-0.39, 0.29) is 0 Å². The number of nitrogens with zero attached hydrogens (tertiary/aromatic N) is 1. The molecular formula is C15H23N3O. The van der Waals surface area contributed by atoms with Crippen LogP contribution in [0.1, 0.15) is 30.4 Å². The molecule has 0 saturated heterocycles. The molecule has 1 aliphatic carbocycles. The second-order valence-corrected chi connectivity index (χ2v) is 5.19. The topological polar surface area (TPSA) is 59.6 Å². The van der Waals surface area contributed by atoms with Crippen molar-refractivity contribution < 1.29 is 4.74 Å². The van der Waals surface area contributed by atoms with Gasteiger partial charge in [0.1, 0.15) is 5.75 Å². The molecule has 0 unspecified atom stereocenters. The second-order valence-electron chi connectivity index (χ2n) is 5.19. The summed E-state index contributed by atoms with van der Waals surface area (Å²) < 4.78 is 5.35. The Bertz CT molecular complexity index is 453. The molecule has 1 aliphatic rings. The molecule has 19 heavy (non-hydrogen) atoms. The highest BCUT2D eigenvalue weighted by molar-refractivity contribution is 5.77. The molecule has 0 spiro atoms. The van der Waals surface area contributed by atoms with E-state index < -0.39 is 0 Å². The summed E-state index contributed by atoms with van der Waals surface area (Å²) in [6, 6.07) is 6.12. The van der Waals surface area contributed by atoms with Gasteiger partial charge in [-0.1, -0.05) is 18.6 Å². The van der Waals surface area contributed by atoms with E-state index in [2.05, 4.69) is 16.4 Å². The maximum Gasteiger partial charge on any atom is 0.188 e. The van der Waals surface area contributed by atoms with Crippen LogP contribution in [0.4, 0.5) is 0 Å². The summed E-state index contributed by atoms with van der Waals surface area (Å²) in [6.45, 7) is 3.54. The Hall–Kier alpha value is -1.71. The third kappa shape index (κ3) is 3.88. The zero-order valence-corrected chi connectivity index (χ0v) is 11.8. The van der Waals surface area contributed by atoms with Crippen molar-refractivity contribution in [1.82, 2.24) is 5.32 Å². The Kier molecular flexibility index (Phi) is 4.66. The number of hydrogen-bond donors (Lipinski definition) is 2. The van der Waals surface area contributed by atoms with Gasteiger partial charge in [0.15, 0.2) is 5.96 Å². The van der Waals surface area contributed by atoms with Crippen LogP contribution >= 0.6 is 0 Å². The minimum atomic E-state index is 0.523. The summed E-state index contributed by atoms with van der Waals surface area (Å²) in [5.74, 6) is 2.17. The monoisotopic (exact) mass is 261 g/mol. The third-order valence-corrected chi connectivity index (χ3v) is 3.66. The number of methoxy groups -OCH3 is 1. The largest absolute Gasteiger partial charge is 0.496 e. The van der Waals surface area contributed by atoms with Crippen LogP contribution in [0.25, 0.3) is 0 Å². The smallest absolute Gasteiger partial charge is 0.188 e. The van der Waals surface area contributed by atoms with Gasteiger partial charge in [0.2, 0.25) is 0 Å². The zero-order chi connectivity index (χ0) is 13.7. The average Bonchev–Trinajstić information content (AvgIpc) is 2.35. The number of hydrogen-bond acceptors (Lipinski definition) is 2. The molecule has 0 aliphatic heterocycles. The van der Waals surface area contributed by atoms with Gasteiger partial charge < -0.3 is 15.8 Å². The van der Waals surface area contributed by atoms with E-state index in [0.717, 1.165) is 23.8 Å². The van der Waals surface area contributed by atoms with Crippen molar-refractivity contribution in [1.29, 1.82) is 0 Å². The van der Waals surface area contributed by atoms with Gasteiger partial charge in [-0.05, 0) is 37.3 Å². The Morgan fingerprint density at radius 3 is 2.89 bits per heavy atom. The Morgan fingerprint density at radius 1 is 1.47 bits per heavy atom. The quantitative estimate of drug-likeness (QED) is 0.631. The molecule has 0 radical (unpaired) electrons. The van der Waals surface area contributed by atoms with Gasteiger partial charge in [-0.25, -0.2) is 4.99 Å². The normalized spacial score (nSPS) is 16.0. The molecule has 1 aromatic rings. The van der Waals surface area contributed by atoms with Crippen molar-refractivity contribution in [3.63, 3.8) is 0 Å². The molecule has 2 rings (SSSR count). The number of aliphatic imine (C=N–C) groups is 1. The zero-order valence-electron chi connectivity index (χ0n) is 11.8. The van der Waals surface area contributed by atoms with Crippen LogP contribution < -0.4 is 15.8 Å². The first kappa shape index (κ1) is 13.7. The van der Waals surface area contributed by atoms with E-state index in [1.54, 1.807) is 7.11 Å². The van der Waals surface area contributed by atoms with Gasteiger partial charge >= 0.3 is 0 Å².